The lowest BCUT2D eigenvalue weighted by Gasteiger charge is -2.15. The van der Waals surface area contributed by atoms with Crippen LogP contribution in [0.2, 0.25) is 10.0 Å². The van der Waals surface area contributed by atoms with Crippen molar-refractivity contribution in [3.8, 4) is 0 Å². The van der Waals surface area contributed by atoms with Crippen molar-refractivity contribution in [2.24, 2.45) is 0 Å². The van der Waals surface area contributed by atoms with Gasteiger partial charge in [0.25, 0.3) is 0 Å². The predicted octanol–water partition coefficient (Wildman–Crippen LogP) is 5.34. The second-order valence-corrected chi connectivity index (χ2v) is 5.84. The molecule has 2 nitrogen and oxygen atoms in total. The highest BCUT2D eigenvalue weighted by Gasteiger charge is 2.13. The van der Waals surface area contributed by atoms with Crippen LogP contribution in [0, 0.1) is 0 Å². The van der Waals surface area contributed by atoms with Gasteiger partial charge in [0.1, 0.15) is 0 Å². The number of esters is 1. The van der Waals surface area contributed by atoms with Gasteiger partial charge < -0.3 is 4.74 Å². The molecule has 0 aliphatic heterocycles. The average molecular weight is 368 g/mol. The standard InChI is InChI=1S/C14H17BrCl2O2/c1-9(4-3-5-14(18)19-2)11-7-12(16)10(8-15)6-13(11)17/h6-7,9H,3-5,8H2,1-2H3. The zero-order chi connectivity index (χ0) is 14.4. The highest BCUT2D eigenvalue weighted by Crippen LogP contribution is 2.33. The molecular formula is C14H17BrCl2O2. The van der Waals surface area contributed by atoms with E-state index in [0.717, 1.165) is 34.0 Å². The highest BCUT2D eigenvalue weighted by atomic mass is 79.9. The van der Waals surface area contributed by atoms with E-state index >= 15 is 0 Å². The van der Waals surface area contributed by atoms with Gasteiger partial charge in [0.15, 0.2) is 0 Å². The van der Waals surface area contributed by atoms with Gasteiger partial charge in [0.2, 0.25) is 0 Å². The Bertz CT molecular complexity index is 449. The van der Waals surface area contributed by atoms with Crippen molar-refractivity contribution in [2.75, 3.05) is 7.11 Å². The summed E-state index contributed by atoms with van der Waals surface area (Å²) in [6.45, 7) is 2.09. The van der Waals surface area contributed by atoms with E-state index in [1.807, 2.05) is 12.1 Å². The summed E-state index contributed by atoms with van der Waals surface area (Å²) in [5, 5.41) is 2.13. The number of rotatable bonds is 6. The number of ether oxygens (including phenoxy) is 1. The maximum atomic E-state index is 11.1. The molecule has 1 rings (SSSR count). The number of alkyl halides is 1. The Hall–Kier alpha value is -0.250. The Morgan fingerprint density at radius 3 is 2.63 bits per heavy atom. The molecule has 1 aromatic rings. The molecule has 0 heterocycles. The Morgan fingerprint density at radius 1 is 1.37 bits per heavy atom. The van der Waals surface area contributed by atoms with E-state index < -0.39 is 0 Å². The Balaban J connectivity index is 2.69. The molecular weight excluding hydrogens is 351 g/mol. The molecule has 0 bridgehead atoms. The van der Waals surface area contributed by atoms with Crippen LogP contribution in [0.15, 0.2) is 12.1 Å². The summed E-state index contributed by atoms with van der Waals surface area (Å²) in [7, 11) is 1.40. The van der Waals surface area contributed by atoms with Gasteiger partial charge in [0, 0.05) is 21.8 Å². The fourth-order valence-electron chi connectivity index (χ4n) is 1.89. The third-order valence-electron chi connectivity index (χ3n) is 3.09. The number of benzene rings is 1. The molecule has 19 heavy (non-hydrogen) atoms. The molecule has 0 spiro atoms. The smallest absolute Gasteiger partial charge is 0.305 e. The predicted molar refractivity (Wildman–Crippen MR) is 83.4 cm³/mol. The van der Waals surface area contributed by atoms with Crippen LogP contribution < -0.4 is 0 Å². The number of carbonyl (C=O) groups excluding carboxylic acids is 1. The van der Waals surface area contributed by atoms with Gasteiger partial charge in [-0.25, -0.2) is 0 Å². The Morgan fingerprint density at radius 2 is 2.05 bits per heavy atom. The molecule has 0 N–H and O–H groups in total. The first-order valence-corrected chi connectivity index (χ1v) is 7.98. The van der Waals surface area contributed by atoms with Crippen LogP contribution >= 0.6 is 39.1 Å². The number of hydrogen-bond donors (Lipinski definition) is 0. The topological polar surface area (TPSA) is 26.3 Å². The molecule has 0 aromatic heterocycles. The van der Waals surface area contributed by atoms with Crippen molar-refractivity contribution in [3.05, 3.63) is 33.3 Å². The zero-order valence-corrected chi connectivity index (χ0v) is 14.1. The molecule has 0 fully saturated rings. The zero-order valence-electron chi connectivity index (χ0n) is 11.0. The van der Waals surface area contributed by atoms with E-state index in [1.54, 1.807) is 0 Å². The van der Waals surface area contributed by atoms with Gasteiger partial charge in [-0.15, -0.1) is 0 Å². The van der Waals surface area contributed by atoms with Gasteiger partial charge in [-0.05, 0) is 42.0 Å². The normalized spacial score (nSPS) is 12.3. The van der Waals surface area contributed by atoms with E-state index in [1.165, 1.54) is 7.11 Å². The number of hydrogen-bond acceptors (Lipinski definition) is 2. The molecule has 0 aliphatic carbocycles. The van der Waals surface area contributed by atoms with E-state index in [0.29, 0.717) is 11.8 Å². The maximum Gasteiger partial charge on any atom is 0.305 e. The minimum atomic E-state index is -0.175. The number of carbonyl (C=O) groups is 1. The van der Waals surface area contributed by atoms with Crippen LogP contribution in [-0.2, 0) is 14.9 Å². The van der Waals surface area contributed by atoms with E-state index in [2.05, 4.69) is 27.6 Å². The minimum absolute atomic E-state index is 0.175. The largest absolute Gasteiger partial charge is 0.469 e. The second-order valence-electron chi connectivity index (χ2n) is 4.47. The molecule has 0 radical (unpaired) electrons. The van der Waals surface area contributed by atoms with Crippen molar-refractivity contribution in [1.29, 1.82) is 0 Å². The van der Waals surface area contributed by atoms with Crippen LogP contribution in [0.5, 0.6) is 0 Å². The fraction of sp³-hybridized carbons (Fsp3) is 0.500. The Kier molecular flexibility index (Phi) is 7.19. The van der Waals surface area contributed by atoms with Crippen molar-refractivity contribution >= 4 is 45.1 Å². The SMILES string of the molecule is COC(=O)CCCC(C)c1cc(Cl)c(CBr)cc1Cl. The third-order valence-corrected chi connectivity index (χ3v) is 4.37. The minimum Gasteiger partial charge on any atom is -0.469 e. The van der Waals surface area contributed by atoms with Crippen molar-refractivity contribution in [1.82, 2.24) is 0 Å². The summed E-state index contributed by atoms with van der Waals surface area (Å²) >= 11 is 15.8. The summed E-state index contributed by atoms with van der Waals surface area (Å²) in [5.74, 6) is 0.0880. The van der Waals surface area contributed by atoms with Crippen molar-refractivity contribution < 1.29 is 9.53 Å². The second kappa shape index (κ2) is 8.13. The summed E-state index contributed by atoms with van der Waals surface area (Å²) < 4.78 is 4.62. The fourth-order valence-corrected chi connectivity index (χ4v) is 3.13. The summed E-state index contributed by atoms with van der Waals surface area (Å²) in [4.78, 5) is 11.1. The number of methoxy groups -OCH3 is 1. The molecule has 1 unspecified atom stereocenters. The lowest BCUT2D eigenvalue weighted by Crippen LogP contribution is -2.02. The summed E-state index contributed by atoms with van der Waals surface area (Å²) in [5.41, 5.74) is 2.01. The highest BCUT2D eigenvalue weighted by molar-refractivity contribution is 9.08. The van der Waals surface area contributed by atoms with Crippen LogP contribution in [0.3, 0.4) is 0 Å². The molecule has 106 valence electrons. The summed E-state index contributed by atoms with van der Waals surface area (Å²) in [6, 6.07) is 3.81. The molecule has 0 saturated carbocycles. The first kappa shape index (κ1) is 16.8. The molecule has 1 aromatic carbocycles. The number of halogens is 3. The van der Waals surface area contributed by atoms with Gasteiger partial charge >= 0.3 is 5.97 Å². The monoisotopic (exact) mass is 366 g/mol. The van der Waals surface area contributed by atoms with Crippen LogP contribution in [0.1, 0.15) is 43.2 Å². The molecule has 5 heteroatoms. The third kappa shape index (κ3) is 4.97. The van der Waals surface area contributed by atoms with Crippen molar-refractivity contribution in [2.45, 2.75) is 37.4 Å². The molecule has 0 saturated heterocycles. The van der Waals surface area contributed by atoms with Crippen molar-refractivity contribution in [3.63, 3.8) is 0 Å². The molecule has 0 amide bonds. The first-order chi connectivity index (χ1) is 8.99. The average Bonchev–Trinajstić information content (AvgIpc) is 2.40. The van der Waals surface area contributed by atoms with Crippen LogP contribution in [0.4, 0.5) is 0 Å². The first-order valence-electron chi connectivity index (χ1n) is 6.10. The van der Waals surface area contributed by atoms with Crippen LogP contribution in [-0.4, -0.2) is 13.1 Å². The molecule has 0 aliphatic rings. The quantitative estimate of drug-likeness (QED) is 0.501. The van der Waals surface area contributed by atoms with E-state index in [4.69, 9.17) is 23.2 Å². The van der Waals surface area contributed by atoms with Gasteiger partial charge in [0.05, 0.1) is 7.11 Å². The van der Waals surface area contributed by atoms with E-state index in [9.17, 15) is 4.79 Å². The van der Waals surface area contributed by atoms with Gasteiger partial charge in [-0.3, -0.25) is 4.79 Å². The lowest BCUT2D eigenvalue weighted by molar-refractivity contribution is -0.140. The van der Waals surface area contributed by atoms with Gasteiger partial charge in [-0.1, -0.05) is 46.1 Å². The Labute approximate surface area is 132 Å². The summed E-state index contributed by atoms with van der Waals surface area (Å²) in [6.07, 6.45) is 2.09. The van der Waals surface area contributed by atoms with E-state index in [-0.39, 0.29) is 11.9 Å². The lowest BCUT2D eigenvalue weighted by atomic mass is 9.94. The van der Waals surface area contributed by atoms with Gasteiger partial charge in [-0.2, -0.15) is 0 Å². The maximum absolute atomic E-state index is 11.1. The molecule has 1 atom stereocenters. The van der Waals surface area contributed by atoms with Crippen LogP contribution in [0.25, 0.3) is 0 Å².